The van der Waals surface area contributed by atoms with Crippen LogP contribution in [-0.4, -0.2) is 49.7 Å². The fourth-order valence-corrected chi connectivity index (χ4v) is 2.56. The first-order chi connectivity index (χ1) is 7.15. The van der Waals surface area contributed by atoms with Gasteiger partial charge in [0.2, 0.25) is 0 Å². The summed E-state index contributed by atoms with van der Waals surface area (Å²) in [6.07, 6.45) is 0.00118. The highest BCUT2D eigenvalue weighted by Crippen LogP contribution is 2.25. The van der Waals surface area contributed by atoms with Gasteiger partial charge in [-0.15, -0.1) is 0 Å². The summed E-state index contributed by atoms with van der Waals surface area (Å²) in [5.74, 6) is 1.41. The van der Waals surface area contributed by atoms with Crippen molar-refractivity contribution in [3.63, 3.8) is 0 Å². The Hall–Kier alpha value is -0.610. The first kappa shape index (κ1) is 10.9. The molecule has 2 aliphatic heterocycles. The maximum atomic E-state index is 11.4. The predicted octanol–water partition coefficient (Wildman–Crippen LogP) is 0.0892. The fourth-order valence-electron chi connectivity index (χ4n) is 2.56. The second-order valence-electron chi connectivity index (χ2n) is 4.91. The minimum atomic E-state index is -0.0852. The summed E-state index contributed by atoms with van der Waals surface area (Å²) in [6, 6.07) is 0. The number of hydrogen-bond donors (Lipinski definition) is 1. The third-order valence-electron chi connectivity index (χ3n) is 3.18. The van der Waals surface area contributed by atoms with Crippen molar-refractivity contribution in [2.75, 3.05) is 32.7 Å². The minimum Gasteiger partial charge on any atom is -0.462 e. The third-order valence-corrected chi connectivity index (χ3v) is 3.18. The van der Waals surface area contributed by atoms with E-state index in [-0.39, 0.29) is 12.1 Å². The molecule has 0 unspecified atom stereocenters. The van der Waals surface area contributed by atoms with Crippen LogP contribution < -0.4 is 5.32 Å². The van der Waals surface area contributed by atoms with E-state index in [0.717, 1.165) is 38.0 Å². The molecule has 2 atom stereocenters. The summed E-state index contributed by atoms with van der Waals surface area (Å²) in [4.78, 5) is 13.7. The molecule has 0 aromatic heterocycles. The molecule has 2 fully saturated rings. The van der Waals surface area contributed by atoms with Crippen LogP contribution in [0.2, 0.25) is 0 Å². The van der Waals surface area contributed by atoms with Crippen molar-refractivity contribution >= 4 is 5.97 Å². The molecule has 2 saturated heterocycles. The molecule has 0 bridgehead atoms. The summed E-state index contributed by atoms with van der Waals surface area (Å²) in [7, 11) is 0. The van der Waals surface area contributed by atoms with Gasteiger partial charge in [0.1, 0.15) is 0 Å². The first-order valence-corrected chi connectivity index (χ1v) is 5.77. The zero-order chi connectivity index (χ0) is 10.8. The van der Waals surface area contributed by atoms with Gasteiger partial charge >= 0.3 is 5.97 Å². The lowest BCUT2D eigenvalue weighted by Gasteiger charge is -2.16. The number of nitrogens with zero attached hydrogens (tertiary/aromatic N) is 1. The van der Waals surface area contributed by atoms with Crippen LogP contribution >= 0.6 is 0 Å². The Bertz CT molecular complexity index is 231. The lowest BCUT2D eigenvalue weighted by molar-refractivity contribution is -0.148. The van der Waals surface area contributed by atoms with E-state index in [1.54, 1.807) is 0 Å². The van der Waals surface area contributed by atoms with Gasteiger partial charge in [0.25, 0.3) is 0 Å². The molecule has 4 heteroatoms. The van der Waals surface area contributed by atoms with Crippen molar-refractivity contribution < 1.29 is 9.53 Å². The molecule has 0 aromatic carbocycles. The van der Waals surface area contributed by atoms with E-state index in [1.165, 1.54) is 0 Å². The quantitative estimate of drug-likeness (QED) is 0.673. The van der Waals surface area contributed by atoms with Crippen LogP contribution in [0.4, 0.5) is 0 Å². The predicted molar refractivity (Wildman–Crippen MR) is 57.5 cm³/mol. The van der Waals surface area contributed by atoms with Crippen LogP contribution in [0.5, 0.6) is 0 Å². The molecule has 1 N–H and O–H groups in total. The third kappa shape index (κ3) is 2.69. The Morgan fingerprint density at radius 3 is 2.53 bits per heavy atom. The highest BCUT2D eigenvalue weighted by atomic mass is 16.5. The van der Waals surface area contributed by atoms with Crippen LogP contribution in [0.3, 0.4) is 0 Å². The van der Waals surface area contributed by atoms with Crippen LogP contribution in [-0.2, 0) is 9.53 Å². The summed E-state index contributed by atoms with van der Waals surface area (Å²) < 4.78 is 5.14. The van der Waals surface area contributed by atoms with Gasteiger partial charge in [0, 0.05) is 13.1 Å². The number of rotatable bonds is 3. The number of hydrogen-bond acceptors (Lipinski definition) is 4. The molecule has 0 saturated carbocycles. The van der Waals surface area contributed by atoms with Crippen LogP contribution in [0, 0.1) is 11.8 Å². The Labute approximate surface area is 91.0 Å². The summed E-state index contributed by atoms with van der Waals surface area (Å²) in [5.41, 5.74) is 0. The molecule has 15 heavy (non-hydrogen) atoms. The number of esters is 1. The highest BCUT2D eigenvalue weighted by Gasteiger charge is 2.36. The smallest absolute Gasteiger partial charge is 0.320 e. The Morgan fingerprint density at radius 1 is 1.40 bits per heavy atom. The Balaban J connectivity index is 1.75. The number of carbonyl (C=O) groups excluding carboxylic acids is 1. The molecule has 0 amide bonds. The molecule has 4 nitrogen and oxygen atoms in total. The van der Waals surface area contributed by atoms with Gasteiger partial charge in [-0.3, -0.25) is 9.69 Å². The molecule has 0 aliphatic carbocycles. The molecule has 86 valence electrons. The van der Waals surface area contributed by atoms with E-state index in [1.807, 2.05) is 13.8 Å². The topological polar surface area (TPSA) is 41.6 Å². The van der Waals surface area contributed by atoms with Crippen LogP contribution in [0.15, 0.2) is 0 Å². The van der Waals surface area contributed by atoms with E-state index in [9.17, 15) is 4.79 Å². The van der Waals surface area contributed by atoms with Crippen LogP contribution in [0.1, 0.15) is 13.8 Å². The lowest BCUT2D eigenvalue weighted by Crippen LogP contribution is -2.32. The van der Waals surface area contributed by atoms with Crippen molar-refractivity contribution in [3.05, 3.63) is 0 Å². The number of likely N-dealkylation sites (tertiary alicyclic amines) is 1. The standard InChI is InChI=1S/C11H20N2O2/c1-8(2)15-11(14)7-13-5-9-3-12-4-10(9)6-13/h8-10,12H,3-7H2,1-2H3/t9-,10+. The zero-order valence-corrected chi connectivity index (χ0v) is 9.53. The van der Waals surface area contributed by atoms with E-state index in [0.29, 0.717) is 6.54 Å². The average Bonchev–Trinajstić information content (AvgIpc) is 2.60. The van der Waals surface area contributed by atoms with E-state index in [4.69, 9.17) is 4.74 Å². The number of nitrogens with one attached hydrogen (secondary N) is 1. The van der Waals surface area contributed by atoms with Crippen molar-refractivity contribution in [2.24, 2.45) is 11.8 Å². The molecular formula is C11H20N2O2. The Morgan fingerprint density at radius 2 is 2.00 bits per heavy atom. The minimum absolute atomic E-state index is 0.00118. The van der Waals surface area contributed by atoms with Gasteiger partial charge in [0.05, 0.1) is 12.6 Å². The molecule has 0 spiro atoms. The fraction of sp³-hybridized carbons (Fsp3) is 0.909. The van der Waals surface area contributed by atoms with Crippen molar-refractivity contribution in [1.29, 1.82) is 0 Å². The second-order valence-corrected chi connectivity index (χ2v) is 4.91. The summed E-state index contributed by atoms with van der Waals surface area (Å²) >= 11 is 0. The van der Waals surface area contributed by atoms with Gasteiger partial charge in [-0.1, -0.05) is 0 Å². The summed E-state index contributed by atoms with van der Waals surface area (Å²) in [6.45, 7) is 8.56. The maximum absolute atomic E-state index is 11.4. The van der Waals surface area contributed by atoms with Gasteiger partial charge in [0.15, 0.2) is 0 Å². The van der Waals surface area contributed by atoms with Gasteiger partial charge in [-0.2, -0.15) is 0 Å². The zero-order valence-electron chi connectivity index (χ0n) is 9.53. The molecular weight excluding hydrogens is 192 g/mol. The van der Waals surface area contributed by atoms with Gasteiger partial charge in [-0.05, 0) is 38.8 Å². The molecule has 2 heterocycles. The van der Waals surface area contributed by atoms with Crippen molar-refractivity contribution in [3.8, 4) is 0 Å². The molecule has 0 radical (unpaired) electrons. The van der Waals surface area contributed by atoms with Gasteiger partial charge in [-0.25, -0.2) is 0 Å². The SMILES string of the molecule is CC(C)OC(=O)CN1C[C@H]2CNC[C@H]2C1. The van der Waals surface area contributed by atoms with Crippen molar-refractivity contribution in [2.45, 2.75) is 20.0 Å². The largest absolute Gasteiger partial charge is 0.462 e. The first-order valence-electron chi connectivity index (χ1n) is 5.77. The lowest BCUT2D eigenvalue weighted by atomic mass is 10.0. The van der Waals surface area contributed by atoms with Gasteiger partial charge < -0.3 is 10.1 Å². The van der Waals surface area contributed by atoms with E-state index < -0.39 is 0 Å². The molecule has 0 aromatic rings. The van der Waals surface area contributed by atoms with Crippen molar-refractivity contribution in [1.82, 2.24) is 10.2 Å². The van der Waals surface area contributed by atoms with Crippen LogP contribution in [0.25, 0.3) is 0 Å². The van der Waals surface area contributed by atoms with E-state index >= 15 is 0 Å². The maximum Gasteiger partial charge on any atom is 0.320 e. The van der Waals surface area contributed by atoms with E-state index in [2.05, 4.69) is 10.2 Å². The molecule has 2 rings (SSSR count). The number of carbonyl (C=O) groups is 1. The monoisotopic (exact) mass is 212 g/mol. The normalized spacial score (nSPS) is 30.9. The molecule has 2 aliphatic rings. The number of fused-ring (bicyclic) bond motifs is 1. The second kappa shape index (κ2) is 4.49. The average molecular weight is 212 g/mol. The summed E-state index contributed by atoms with van der Waals surface area (Å²) in [5, 5.41) is 3.39. The Kier molecular flexibility index (Phi) is 3.26. The number of ether oxygens (including phenoxy) is 1. The highest BCUT2D eigenvalue weighted by molar-refractivity contribution is 5.71.